The van der Waals surface area contributed by atoms with Gasteiger partial charge >= 0.3 is 6.18 Å². The Balaban J connectivity index is 1.20. The highest BCUT2D eigenvalue weighted by Crippen LogP contribution is 2.42. The van der Waals surface area contributed by atoms with E-state index in [9.17, 15) is 18.3 Å². The molecule has 2 N–H and O–H groups in total. The van der Waals surface area contributed by atoms with Crippen LogP contribution in [-0.4, -0.2) is 46.8 Å². The second kappa shape index (κ2) is 9.24. The predicted molar refractivity (Wildman–Crippen MR) is 130 cm³/mol. The van der Waals surface area contributed by atoms with Crippen LogP contribution in [-0.2, 0) is 6.18 Å². The largest absolute Gasteiger partial charge is 0.490 e. The zero-order chi connectivity index (χ0) is 23.9. The monoisotopic (exact) mass is 488 g/mol. The van der Waals surface area contributed by atoms with E-state index in [-0.39, 0.29) is 18.6 Å². The van der Waals surface area contributed by atoms with E-state index in [0.29, 0.717) is 16.6 Å². The number of aliphatic hydroxyl groups excluding tert-OH is 1. The smallest absolute Gasteiger partial charge is 0.417 e. The lowest BCUT2D eigenvalue weighted by Crippen LogP contribution is -2.45. The van der Waals surface area contributed by atoms with Gasteiger partial charge in [-0.2, -0.15) is 13.2 Å². The topological polar surface area (TPSA) is 48.5 Å². The molecule has 1 fully saturated rings. The molecule has 5 rings (SSSR count). The SMILES string of the molecule is C[C@@H]1C[C@H](c2cc3c(C(F)(F)F)cccc3s2)CCN1C[C@H](O)COc1cccc2[nH]ccc12. The fourth-order valence-electron chi connectivity index (χ4n) is 4.97. The van der Waals surface area contributed by atoms with Gasteiger partial charge in [-0.05, 0) is 68.6 Å². The van der Waals surface area contributed by atoms with Crippen LogP contribution >= 0.6 is 11.3 Å². The molecule has 1 saturated heterocycles. The first kappa shape index (κ1) is 23.2. The molecule has 0 amide bonds. The lowest BCUT2D eigenvalue weighted by atomic mass is 9.89. The molecule has 34 heavy (non-hydrogen) atoms. The lowest BCUT2D eigenvalue weighted by molar-refractivity contribution is -0.136. The van der Waals surface area contributed by atoms with Crippen LogP contribution in [0.15, 0.2) is 54.7 Å². The minimum absolute atomic E-state index is 0.202. The Bertz CT molecular complexity index is 1280. The molecule has 4 nitrogen and oxygen atoms in total. The number of nitrogens with one attached hydrogen (secondary N) is 1. The van der Waals surface area contributed by atoms with Crippen molar-refractivity contribution in [2.75, 3.05) is 19.7 Å². The summed E-state index contributed by atoms with van der Waals surface area (Å²) in [6.45, 7) is 3.61. The molecule has 3 heterocycles. The minimum atomic E-state index is -4.35. The minimum Gasteiger partial charge on any atom is -0.490 e. The number of hydrogen-bond acceptors (Lipinski definition) is 4. The van der Waals surface area contributed by atoms with Gasteiger partial charge in [-0.3, -0.25) is 4.90 Å². The fraction of sp³-hybridized carbons (Fsp3) is 0.385. The van der Waals surface area contributed by atoms with Crippen LogP contribution in [0.4, 0.5) is 13.2 Å². The Morgan fingerprint density at radius 1 is 1.18 bits per heavy atom. The van der Waals surface area contributed by atoms with Crippen LogP contribution in [0, 0.1) is 0 Å². The number of nitrogens with zero attached hydrogens (tertiary/aromatic N) is 1. The van der Waals surface area contributed by atoms with E-state index >= 15 is 0 Å². The zero-order valence-electron chi connectivity index (χ0n) is 18.8. The number of fused-ring (bicyclic) bond motifs is 2. The quantitative estimate of drug-likeness (QED) is 0.330. The molecule has 0 radical (unpaired) electrons. The molecule has 0 aliphatic carbocycles. The molecule has 0 unspecified atom stereocenters. The Labute approximate surface area is 200 Å². The number of β-amino-alcohol motifs (C(OH)–C–C–N with tert-alkyl or cyclic N) is 1. The summed E-state index contributed by atoms with van der Waals surface area (Å²) in [4.78, 5) is 6.41. The number of aromatic nitrogens is 1. The molecule has 0 bridgehead atoms. The molecular formula is C26H27F3N2O2S. The number of piperidine rings is 1. The van der Waals surface area contributed by atoms with Crippen LogP contribution in [0.25, 0.3) is 21.0 Å². The van der Waals surface area contributed by atoms with Gasteiger partial charge in [0.2, 0.25) is 0 Å². The van der Waals surface area contributed by atoms with E-state index in [0.717, 1.165) is 47.0 Å². The van der Waals surface area contributed by atoms with Gasteiger partial charge < -0.3 is 14.8 Å². The van der Waals surface area contributed by atoms with Crippen molar-refractivity contribution < 1.29 is 23.0 Å². The maximum atomic E-state index is 13.4. The van der Waals surface area contributed by atoms with Crippen molar-refractivity contribution in [2.45, 2.75) is 44.0 Å². The molecule has 2 aromatic heterocycles. The summed E-state index contributed by atoms with van der Waals surface area (Å²) in [6.07, 6.45) is -1.41. The first-order chi connectivity index (χ1) is 16.3. The van der Waals surface area contributed by atoms with E-state index < -0.39 is 17.8 Å². The summed E-state index contributed by atoms with van der Waals surface area (Å²) in [5.41, 5.74) is 0.433. The fourth-order valence-corrected chi connectivity index (χ4v) is 6.21. The number of likely N-dealkylation sites (tertiary alicyclic amines) is 1. The van der Waals surface area contributed by atoms with Crippen LogP contribution < -0.4 is 4.74 Å². The van der Waals surface area contributed by atoms with Gasteiger partial charge in [-0.25, -0.2) is 0 Å². The van der Waals surface area contributed by atoms with Crippen molar-refractivity contribution in [2.24, 2.45) is 0 Å². The summed E-state index contributed by atoms with van der Waals surface area (Å²) >= 11 is 1.47. The molecule has 180 valence electrons. The Morgan fingerprint density at radius 3 is 2.79 bits per heavy atom. The molecular weight excluding hydrogens is 461 g/mol. The summed E-state index contributed by atoms with van der Waals surface area (Å²) in [7, 11) is 0. The molecule has 1 aliphatic heterocycles. The number of aliphatic hydroxyl groups is 1. The molecule has 2 aromatic carbocycles. The summed E-state index contributed by atoms with van der Waals surface area (Å²) in [5, 5.41) is 11.9. The zero-order valence-corrected chi connectivity index (χ0v) is 19.6. The second-order valence-corrected chi connectivity index (χ2v) is 10.2. The van der Waals surface area contributed by atoms with E-state index in [1.165, 1.54) is 17.4 Å². The van der Waals surface area contributed by atoms with Crippen molar-refractivity contribution in [1.82, 2.24) is 9.88 Å². The molecule has 3 atom stereocenters. The Morgan fingerprint density at radius 2 is 2.00 bits per heavy atom. The normalized spacial score (nSPS) is 20.7. The van der Waals surface area contributed by atoms with Gasteiger partial charge in [0.25, 0.3) is 0 Å². The third-order valence-electron chi connectivity index (χ3n) is 6.73. The molecule has 0 saturated carbocycles. The van der Waals surface area contributed by atoms with Gasteiger partial charge in [0.15, 0.2) is 0 Å². The molecule has 0 spiro atoms. The number of aromatic amines is 1. The highest BCUT2D eigenvalue weighted by atomic mass is 32.1. The number of rotatable bonds is 6. The first-order valence-electron chi connectivity index (χ1n) is 11.5. The number of thiophene rings is 1. The Hall–Kier alpha value is -2.55. The van der Waals surface area contributed by atoms with Crippen molar-refractivity contribution in [3.05, 3.63) is 65.2 Å². The average Bonchev–Trinajstić information content (AvgIpc) is 3.45. The number of H-pyrrole nitrogens is 1. The lowest BCUT2D eigenvalue weighted by Gasteiger charge is -2.38. The Kier molecular flexibility index (Phi) is 6.31. The van der Waals surface area contributed by atoms with Crippen molar-refractivity contribution in [3.8, 4) is 5.75 Å². The predicted octanol–water partition coefficient (Wildman–Crippen LogP) is 6.41. The number of halogens is 3. The summed E-state index contributed by atoms with van der Waals surface area (Å²) in [6, 6.07) is 14.1. The van der Waals surface area contributed by atoms with Crippen LogP contribution in [0.5, 0.6) is 5.75 Å². The van der Waals surface area contributed by atoms with Crippen molar-refractivity contribution >= 4 is 32.3 Å². The van der Waals surface area contributed by atoms with Crippen LogP contribution in [0.2, 0.25) is 0 Å². The van der Waals surface area contributed by atoms with Crippen molar-refractivity contribution in [1.29, 1.82) is 0 Å². The highest BCUT2D eigenvalue weighted by Gasteiger charge is 2.34. The molecule has 8 heteroatoms. The first-order valence-corrected chi connectivity index (χ1v) is 12.3. The van der Waals surface area contributed by atoms with Gasteiger partial charge in [0, 0.05) is 44.6 Å². The maximum Gasteiger partial charge on any atom is 0.417 e. The van der Waals surface area contributed by atoms with Crippen LogP contribution in [0.1, 0.15) is 36.1 Å². The summed E-state index contributed by atoms with van der Waals surface area (Å²) < 4.78 is 46.8. The van der Waals surface area contributed by atoms with E-state index in [1.54, 1.807) is 12.1 Å². The molecule has 1 aliphatic rings. The number of ether oxygens (including phenoxy) is 1. The highest BCUT2D eigenvalue weighted by molar-refractivity contribution is 7.19. The van der Waals surface area contributed by atoms with E-state index in [4.69, 9.17) is 4.74 Å². The number of alkyl halides is 3. The number of hydrogen-bond donors (Lipinski definition) is 2. The number of benzene rings is 2. The second-order valence-electron chi connectivity index (χ2n) is 9.09. The molecule has 4 aromatic rings. The van der Waals surface area contributed by atoms with Gasteiger partial charge in [0.05, 0.1) is 5.56 Å². The van der Waals surface area contributed by atoms with E-state index in [2.05, 4.69) is 16.8 Å². The van der Waals surface area contributed by atoms with Gasteiger partial charge in [0.1, 0.15) is 18.5 Å². The van der Waals surface area contributed by atoms with E-state index in [1.807, 2.05) is 30.5 Å². The average molecular weight is 489 g/mol. The standard InChI is InChI=1S/C26H27F3N2O2S/c1-16-12-17(25-13-20-21(26(27,28)29)4-2-7-24(20)34-25)9-11-31(16)14-18(32)15-33-23-6-3-5-22-19(23)8-10-30-22/h2-8,10,13,16-18,30,32H,9,11-12,14-15H2,1H3/t16-,17-,18+/m1/s1. The maximum absolute atomic E-state index is 13.4. The van der Waals surface area contributed by atoms with Gasteiger partial charge in [-0.1, -0.05) is 12.1 Å². The summed E-state index contributed by atoms with van der Waals surface area (Å²) in [5.74, 6) is 0.969. The third kappa shape index (κ3) is 4.67. The third-order valence-corrected chi connectivity index (χ3v) is 8.00. The van der Waals surface area contributed by atoms with Gasteiger partial charge in [-0.15, -0.1) is 11.3 Å². The van der Waals surface area contributed by atoms with Crippen LogP contribution in [0.3, 0.4) is 0 Å². The van der Waals surface area contributed by atoms with Crippen molar-refractivity contribution in [3.63, 3.8) is 0 Å².